The highest BCUT2D eigenvalue weighted by Gasteiger charge is 2.33. The Labute approximate surface area is 300 Å². The van der Waals surface area contributed by atoms with Gasteiger partial charge in [0.25, 0.3) is 5.91 Å². The van der Waals surface area contributed by atoms with Crippen molar-refractivity contribution in [3.05, 3.63) is 92.6 Å². The summed E-state index contributed by atoms with van der Waals surface area (Å²) in [6.07, 6.45) is 1.58. The van der Waals surface area contributed by atoms with Gasteiger partial charge in [0.15, 0.2) is 0 Å². The number of carbonyl (C=O) groups is 2. The first-order valence-corrected chi connectivity index (χ1v) is 18.9. The topological polar surface area (TPSA) is 161 Å². The number of rotatable bonds is 13. The number of aromatic hydroxyl groups is 1. The first kappa shape index (κ1) is 39.0. The summed E-state index contributed by atoms with van der Waals surface area (Å²) >= 11 is 1.02. The number of fused-ring (bicyclic) bond motifs is 1. The zero-order valence-electron chi connectivity index (χ0n) is 29.6. The van der Waals surface area contributed by atoms with Gasteiger partial charge in [-0.3, -0.25) is 9.59 Å². The van der Waals surface area contributed by atoms with Crippen LogP contribution < -0.4 is 15.7 Å². The van der Waals surface area contributed by atoms with Crippen molar-refractivity contribution in [3.8, 4) is 5.75 Å². The van der Waals surface area contributed by atoms with Gasteiger partial charge in [-0.05, 0) is 82.9 Å². The SMILES string of the molecule is C[S+](CO[C@@H](CN(CCc1ccc(CNC(=O)c2ccc(B(O)O)s2)cc1)C(=O)OC(C)(C)C)c1ccc(O)c2[nH]c(=O)ccc12)C(C)(C)C. The molecule has 268 valence electrons. The highest BCUT2D eigenvalue weighted by atomic mass is 32.2. The molecule has 2 aromatic heterocycles. The van der Waals surface area contributed by atoms with Crippen LogP contribution >= 0.6 is 11.3 Å². The Morgan fingerprint density at radius 3 is 2.28 bits per heavy atom. The second-order valence-electron chi connectivity index (χ2n) is 14.1. The van der Waals surface area contributed by atoms with Gasteiger partial charge in [-0.15, -0.1) is 11.3 Å². The lowest BCUT2D eigenvalue weighted by Crippen LogP contribution is -2.41. The standard InChI is InChI=1S/C36H46BN3O8S2/c1-35(2,3)48-34(44)40(19-18-23-8-10-24(11-9-23)20-38-33(43)29-15-16-30(49-29)37(45)46)21-28(47-22-50(7)36(4,5)6)25-12-14-27(41)32-26(25)13-17-31(42)39-32/h8-17,28,45-46H,18-22H2,1-7H3,(H2-,38,39,41,42,43)/p+1/t28-,50?/m0/s1. The van der Waals surface area contributed by atoms with Crippen LogP contribution in [0.4, 0.5) is 4.79 Å². The maximum Gasteiger partial charge on any atom is 0.499 e. The van der Waals surface area contributed by atoms with Crippen LogP contribution in [0.15, 0.2) is 65.5 Å². The summed E-state index contributed by atoms with van der Waals surface area (Å²) in [6.45, 7) is 12.7. The normalized spacial score (nSPS) is 13.1. The molecule has 2 heterocycles. The summed E-state index contributed by atoms with van der Waals surface area (Å²) in [6, 6.07) is 17.1. The molecule has 1 unspecified atom stereocenters. The molecule has 0 saturated heterocycles. The molecule has 2 amide bonds. The Balaban J connectivity index is 1.53. The zero-order chi connectivity index (χ0) is 36.8. The minimum absolute atomic E-state index is 0.00357. The van der Waals surface area contributed by atoms with Gasteiger partial charge in [0, 0.05) is 40.2 Å². The number of nitrogens with zero attached hydrogens (tertiary/aromatic N) is 1. The maximum absolute atomic E-state index is 13.7. The second-order valence-corrected chi connectivity index (χ2v) is 17.9. The molecule has 0 saturated carbocycles. The van der Waals surface area contributed by atoms with Crippen LogP contribution in [0.2, 0.25) is 0 Å². The van der Waals surface area contributed by atoms with E-state index >= 15 is 0 Å². The molecule has 0 fully saturated rings. The Morgan fingerprint density at radius 1 is 0.980 bits per heavy atom. The Kier molecular flexibility index (Phi) is 12.8. The Hall–Kier alpha value is -3.82. The minimum atomic E-state index is -1.62. The monoisotopic (exact) mass is 724 g/mol. The summed E-state index contributed by atoms with van der Waals surface area (Å²) in [5.41, 5.74) is 1.82. The van der Waals surface area contributed by atoms with Gasteiger partial charge < -0.3 is 39.8 Å². The molecule has 2 atom stereocenters. The molecule has 0 aliphatic carbocycles. The third-order valence-corrected chi connectivity index (χ3v) is 11.7. The molecule has 11 nitrogen and oxygen atoms in total. The van der Waals surface area contributed by atoms with E-state index in [1.807, 2.05) is 45.0 Å². The first-order chi connectivity index (χ1) is 23.4. The molecule has 5 N–H and O–H groups in total. The average molecular weight is 725 g/mol. The van der Waals surface area contributed by atoms with Crippen molar-refractivity contribution in [2.24, 2.45) is 0 Å². The van der Waals surface area contributed by atoms with Crippen LogP contribution in [0.5, 0.6) is 5.75 Å². The molecule has 0 bridgehead atoms. The number of pyridine rings is 1. The van der Waals surface area contributed by atoms with Crippen LogP contribution in [0.3, 0.4) is 0 Å². The zero-order valence-corrected chi connectivity index (χ0v) is 31.2. The maximum atomic E-state index is 13.7. The van der Waals surface area contributed by atoms with E-state index in [2.05, 4.69) is 37.3 Å². The number of aromatic nitrogens is 1. The van der Waals surface area contributed by atoms with Gasteiger partial charge in [0.05, 0.1) is 16.9 Å². The summed E-state index contributed by atoms with van der Waals surface area (Å²) in [5.74, 6) is 0.0807. The Bertz CT molecular complexity index is 1830. The van der Waals surface area contributed by atoms with Crippen LogP contribution in [0.25, 0.3) is 10.9 Å². The summed E-state index contributed by atoms with van der Waals surface area (Å²) in [4.78, 5) is 43.1. The number of carbonyl (C=O) groups excluding carboxylic acids is 2. The summed E-state index contributed by atoms with van der Waals surface area (Å²) in [7, 11) is -1.74. The third-order valence-electron chi connectivity index (χ3n) is 8.03. The van der Waals surface area contributed by atoms with E-state index in [0.717, 1.165) is 28.0 Å². The van der Waals surface area contributed by atoms with Gasteiger partial charge in [-0.25, -0.2) is 4.79 Å². The van der Waals surface area contributed by atoms with E-state index in [1.54, 1.807) is 23.1 Å². The van der Waals surface area contributed by atoms with Crippen LogP contribution in [0.1, 0.15) is 74.0 Å². The van der Waals surface area contributed by atoms with Gasteiger partial charge >= 0.3 is 13.2 Å². The van der Waals surface area contributed by atoms with E-state index in [4.69, 9.17) is 9.47 Å². The fourth-order valence-corrected chi connectivity index (χ4v) is 6.41. The highest BCUT2D eigenvalue weighted by molar-refractivity contribution is 7.97. The Morgan fingerprint density at radius 2 is 1.66 bits per heavy atom. The lowest BCUT2D eigenvalue weighted by molar-refractivity contribution is 0.00584. The quantitative estimate of drug-likeness (QED) is 0.0999. The second kappa shape index (κ2) is 16.5. The molecule has 14 heteroatoms. The van der Waals surface area contributed by atoms with Gasteiger partial charge in [-0.2, -0.15) is 0 Å². The number of amides is 2. The number of hydrogen-bond acceptors (Lipinski definition) is 9. The van der Waals surface area contributed by atoms with Gasteiger partial charge in [0.1, 0.15) is 28.5 Å². The number of benzene rings is 2. The van der Waals surface area contributed by atoms with Crippen molar-refractivity contribution in [1.29, 1.82) is 0 Å². The minimum Gasteiger partial charge on any atom is -0.506 e. The van der Waals surface area contributed by atoms with Crippen molar-refractivity contribution >= 4 is 57.0 Å². The number of aromatic amines is 1. The molecule has 0 spiro atoms. The number of phenols is 1. The largest absolute Gasteiger partial charge is 0.506 e. The fourth-order valence-electron chi connectivity index (χ4n) is 4.90. The van der Waals surface area contributed by atoms with Crippen molar-refractivity contribution < 1.29 is 34.2 Å². The molecule has 0 radical (unpaired) electrons. The van der Waals surface area contributed by atoms with E-state index in [1.165, 1.54) is 18.2 Å². The number of phenolic OH excluding ortho intramolecular Hbond substituents is 1. The van der Waals surface area contributed by atoms with Crippen LogP contribution in [0, 0.1) is 0 Å². The van der Waals surface area contributed by atoms with Crippen molar-refractivity contribution in [1.82, 2.24) is 15.2 Å². The van der Waals surface area contributed by atoms with Crippen molar-refractivity contribution in [2.75, 3.05) is 25.3 Å². The lowest BCUT2D eigenvalue weighted by Gasteiger charge is -2.31. The smallest absolute Gasteiger partial charge is 0.499 e. The molecule has 4 aromatic rings. The van der Waals surface area contributed by atoms with Crippen LogP contribution in [-0.4, -0.2) is 79.8 Å². The van der Waals surface area contributed by atoms with Crippen molar-refractivity contribution in [2.45, 2.75) is 71.0 Å². The average Bonchev–Trinajstić information content (AvgIpc) is 3.54. The fraction of sp³-hybridized carbons (Fsp3) is 0.417. The molecule has 2 aromatic carbocycles. The molecule has 0 aliphatic heterocycles. The number of nitrogens with one attached hydrogen (secondary N) is 2. The van der Waals surface area contributed by atoms with Gasteiger partial charge in [0.2, 0.25) is 11.5 Å². The summed E-state index contributed by atoms with van der Waals surface area (Å²) in [5, 5.41) is 32.7. The van der Waals surface area contributed by atoms with E-state index in [-0.39, 0.29) is 45.9 Å². The van der Waals surface area contributed by atoms with E-state index in [0.29, 0.717) is 39.5 Å². The predicted octanol–water partition coefficient (Wildman–Crippen LogP) is 4.45. The molecule has 4 rings (SSSR count). The number of H-pyrrole nitrogens is 1. The number of ether oxygens (including phenoxy) is 2. The molecule has 50 heavy (non-hydrogen) atoms. The summed E-state index contributed by atoms with van der Waals surface area (Å²) < 4.78 is 12.7. The molecular weight excluding hydrogens is 677 g/mol. The predicted molar refractivity (Wildman–Crippen MR) is 201 cm³/mol. The highest BCUT2D eigenvalue weighted by Crippen LogP contribution is 2.32. The first-order valence-electron chi connectivity index (χ1n) is 16.3. The molecule has 0 aliphatic rings. The molecular formula is C36H47BN3O8S2+. The van der Waals surface area contributed by atoms with Crippen LogP contribution in [-0.2, 0) is 33.3 Å². The third kappa shape index (κ3) is 10.8. The lowest BCUT2D eigenvalue weighted by atomic mass is 9.90. The van der Waals surface area contributed by atoms with Gasteiger partial charge in [-0.1, -0.05) is 36.4 Å². The number of hydrogen-bond donors (Lipinski definition) is 5. The van der Waals surface area contributed by atoms with E-state index in [9.17, 15) is 29.5 Å². The number of thiophene rings is 1. The van der Waals surface area contributed by atoms with Crippen molar-refractivity contribution in [3.63, 3.8) is 0 Å². The van der Waals surface area contributed by atoms with E-state index < -0.39 is 24.9 Å².